The largest absolute Gasteiger partial charge is 0.384 e. The Balaban J connectivity index is 1.66. The lowest BCUT2D eigenvalue weighted by molar-refractivity contribution is 0.0357. The van der Waals surface area contributed by atoms with Crippen molar-refractivity contribution in [3.05, 3.63) is 30.1 Å². The molecule has 134 valence electrons. The van der Waals surface area contributed by atoms with E-state index in [0.717, 1.165) is 32.5 Å². The number of likely N-dealkylation sites (tertiary alicyclic amines) is 1. The third-order valence-corrected chi connectivity index (χ3v) is 6.84. The van der Waals surface area contributed by atoms with E-state index in [1.807, 2.05) is 12.4 Å². The van der Waals surface area contributed by atoms with E-state index >= 15 is 0 Å². The Hall–Kier alpha value is -1.02. The third-order valence-electron chi connectivity index (χ3n) is 5.63. The summed E-state index contributed by atoms with van der Waals surface area (Å²) in [4.78, 5) is 6.52. The first-order valence-electron chi connectivity index (χ1n) is 8.48. The molecule has 0 radical (unpaired) electrons. The predicted octanol–water partition coefficient (Wildman–Crippen LogP) is 1.20. The summed E-state index contributed by atoms with van der Waals surface area (Å²) < 4.78 is 31.0. The van der Waals surface area contributed by atoms with E-state index in [1.165, 1.54) is 11.8 Å². The summed E-state index contributed by atoms with van der Waals surface area (Å²) in [5, 5.41) is 0. The molecule has 0 aliphatic carbocycles. The number of piperidine rings is 1. The molecule has 3 rings (SSSR count). The summed E-state index contributed by atoms with van der Waals surface area (Å²) in [5.41, 5.74) is 1.34. The molecule has 1 unspecified atom stereocenters. The minimum atomic E-state index is -3.13. The van der Waals surface area contributed by atoms with Gasteiger partial charge in [-0.1, -0.05) is 0 Å². The number of aromatic nitrogens is 1. The van der Waals surface area contributed by atoms with E-state index in [2.05, 4.69) is 22.0 Å². The van der Waals surface area contributed by atoms with Gasteiger partial charge in [0.05, 0.1) is 12.9 Å². The summed E-state index contributed by atoms with van der Waals surface area (Å²) in [6.45, 7) is 4.81. The van der Waals surface area contributed by atoms with Gasteiger partial charge in [0.15, 0.2) is 0 Å². The van der Waals surface area contributed by atoms with Crippen molar-refractivity contribution in [1.82, 2.24) is 14.2 Å². The molecule has 6 nitrogen and oxygen atoms in total. The Bertz CT molecular complexity index is 642. The molecule has 0 N–H and O–H groups in total. The second kappa shape index (κ2) is 7.07. The first kappa shape index (κ1) is 17.8. The van der Waals surface area contributed by atoms with Gasteiger partial charge in [0, 0.05) is 45.1 Å². The lowest BCUT2D eigenvalue weighted by Gasteiger charge is -2.42. The Labute approximate surface area is 144 Å². The Morgan fingerprint density at radius 1 is 1.29 bits per heavy atom. The molecular weight excluding hydrogens is 326 g/mol. The van der Waals surface area contributed by atoms with Crippen molar-refractivity contribution in [1.29, 1.82) is 0 Å². The van der Waals surface area contributed by atoms with Crippen molar-refractivity contribution < 1.29 is 13.2 Å². The molecule has 0 aromatic carbocycles. The van der Waals surface area contributed by atoms with Crippen molar-refractivity contribution in [3.8, 4) is 0 Å². The first-order chi connectivity index (χ1) is 11.4. The molecule has 2 aliphatic heterocycles. The highest BCUT2D eigenvalue weighted by Crippen LogP contribution is 2.45. The highest BCUT2D eigenvalue weighted by molar-refractivity contribution is 7.88. The van der Waals surface area contributed by atoms with Crippen LogP contribution in [0.5, 0.6) is 0 Å². The van der Waals surface area contributed by atoms with Gasteiger partial charge in [0.25, 0.3) is 0 Å². The topological polar surface area (TPSA) is 62.7 Å². The van der Waals surface area contributed by atoms with Crippen LogP contribution in [0.15, 0.2) is 24.5 Å². The maximum atomic E-state index is 12.0. The monoisotopic (exact) mass is 353 g/mol. The van der Waals surface area contributed by atoms with Gasteiger partial charge < -0.3 is 4.74 Å². The fourth-order valence-corrected chi connectivity index (χ4v) is 5.08. The van der Waals surface area contributed by atoms with Crippen LogP contribution in [0, 0.1) is 11.3 Å². The average Bonchev–Trinajstić information content (AvgIpc) is 2.90. The van der Waals surface area contributed by atoms with Crippen LogP contribution in [0.4, 0.5) is 0 Å². The van der Waals surface area contributed by atoms with Gasteiger partial charge in [0.2, 0.25) is 10.0 Å². The second-order valence-corrected chi connectivity index (χ2v) is 9.18. The van der Waals surface area contributed by atoms with Crippen LogP contribution in [0.1, 0.15) is 18.4 Å². The molecular formula is C17H27N3O3S. The SMILES string of the molecule is COCC1CN(S(C)(=O)=O)CC12CCN(Cc1ccncc1)CC2. The van der Waals surface area contributed by atoms with Gasteiger partial charge in [-0.25, -0.2) is 12.7 Å². The zero-order valence-corrected chi connectivity index (χ0v) is 15.3. The highest BCUT2D eigenvalue weighted by Gasteiger charge is 2.49. The Kier molecular flexibility index (Phi) is 5.24. The molecule has 1 aromatic rings. The highest BCUT2D eigenvalue weighted by atomic mass is 32.2. The summed E-state index contributed by atoms with van der Waals surface area (Å²) in [7, 11) is -1.43. The van der Waals surface area contributed by atoms with Crippen LogP contribution in [0.3, 0.4) is 0 Å². The number of rotatable bonds is 5. The molecule has 3 heterocycles. The van der Waals surface area contributed by atoms with Crippen LogP contribution in [-0.4, -0.2) is 68.8 Å². The predicted molar refractivity (Wildman–Crippen MR) is 93.0 cm³/mol. The standard InChI is InChI=1S/C17H27N3O3S/c1-23-13-16-12-20(24(2,21)22)14-17(16)5-9-19(10-6-17)11-15-3-7-18-8-4-15/h3-4,7-8,16H,5-6,9-14H2,1-2H3. The lowest BCUT2D eigenvalue weighted by Crippen LogP contribution is -2.45. The van der Waals surface area contributed by atoms with Gasteiger partial charge in [-0.2, -0.15) is 0 Å². The quantitative estimate of drug-likeness (QED) is 0.796. The Morgan fingerprint density at radius 2 is 1.96 bits per heavy atom. The van der Waals surface area contributed by atoms with Crippen LogP contribution in [0.2, 0.25) is 0 Å². The fraction of sp³-hybridized carbons (Fsp3) is 0.706. The van der Waals surface area contributed by atoms with Gasteiger partial charge in [-0.05, 0) is 49.0 Å². The van der Waals surface area contributed by atoms with Crippen LogP contribution in [0.25, 0.3) is 0 Å². The molecule has 1 aromatic heterocycles. The van der Waals surface area contributed by atoms with Crippen molar-refractivity contribution in [3.63, 3.8) is 0 Å². The lowest BCUT2D eigenvalue weighted by atomic mass is 9.71. The molecule has 2 saturated heterocycles. The van der Waals surface area contributed by atoms with Gasteiger partial charge in [-0.3, -0.25) is 9.88 Å². The number of methoxy groups -OCH3 is 1. The van der Waals surface area contributed by atoms with Crippen LogP contribution in [-0.2, 0) is 21.3 Å². The first-order valence-corrected chi connectivity index (χ1v) is 10.3. The zero-order chi connectivity index (χ0) is 17.2. The number of sulfonamides is 1. The Morgan fingerprint density at radius 3 is 2.54 bits per heavy atom. The van der Waals surface area contributed by atoms with Crippen molar-refractivity contribution in [2.45, 2.75) is 19.4 Å². The number of hydrogen-bond donors (Lipinski definition) is 0. The van der Waals surface area contributed by atoms with E-state index in [1.54, 1.807) is 11.4 Å². The minimum Gasteiger partial charge on any atom is -0.384 e. The van der Waals surface area contributed by atoms with E-state index in [-0.39, 0.29) is 5.41 Å². The van der Waals surface area contributed by atoms with Gasteiger partial charge in [-0.15, -0.1) is 0 Å². The summed E-state index contributed by atoms with van der Waals surface area (Å²) in [6.07, 6.45) is 7.03. The average molecular weight is 353 g/mol. The maximum Gasteiger partial charge on any atom is 0.211 e. The summed E-state index contributed by atoms with van der Waals surface area (Å²) >= 11 is 0. The molecule has 7 heteroatoms. The summed E-state index contributed by atoms with van der Waals surface area (Å²) in [6, 6.07) is 4.11. The van der Waals surface area contributed by atoms with E-state index in [9.17, 15) is 8.42 Å². The molecule has 1 spiro atoms. The van der Waals surface area contributed by atoms with Crippen molar-refractivity contribution >= 4 is 10.0 Å². The van der Waals surface area contributed by atoms with Crippen LogP contribution < -0.4 is 0 Å². The molecule has 1 atom stereocenters. The molecule has 24 heavy (non-hydrogen) atoms. The molecule has 2 fully saturated rings. The fourth-order valence-electron chi connectivity index (χ4n) is 4.14. The minimum absolute atomic E-state index is 0.0633. The normalized spacial score (nSPS) is 25.3. The molecule has 0 bridgehead atoms. The van der Waals surface area contributed by atoms with Gasteiger partial charge >= 0.3 is 0 Å². The van der Waals surface area contributed by atoms with Crippen molar-refractivity contribution in [2.24, 2.45) is 11.3 Å². The summed E-state index contributed by atoms with van der Waals surface area (Å²) in [5.74, 6) is 0.292. The van der Waals surface area contributed by atoms with Crippen LogP contribution >= 0.6 is 0 Å². The van der Waals surface area contributed by atoms with Crippen molar-refractivity contribution in [2.75, 3.05) is 46.2 Å². The maximum absolute atomic E-state index is 12.0. The second-order valence-electron chi connectivity index (χ2n) is 7.20. The zero-order valence-electron chi connectivity index (χ0n) is 14.5. The van der Waals surface area contributed by atoms with Gasteiger partial charge in [0.1, 0.15) is 0 Å². The molecule has 2 aliphatic rings. The number of pyridine rings is 1. The molecule has 0 saturated carbocycles. The number of hydrogen-bond acceptors (Lipinski definition) is 5. The van der Waals surface area contributed by atoms with E-state index < -0.39 is 10.0 Å². The van der Waals surface area contributed by atoms with E-state index in [4.69, 9.17) is 4.74 Å². The number of nitrogens with zero attached hydrogens (tertiary/aromatic N) is 3. The smallest absolute Gasteiger partial charge is 0.211 e. The third kappa shape index (κ3) is 3.79. The van der Waals surface area contributed by atoms with E-state index in [0.29, 0.717) is 25.6 Å². The molecule has 0 amide bonds. The number of ether oxygens (including phenoxy) is 1.